The van der Waals surface area contributed by atoms with E-state index in [-0.39, 0.29) is 6.61 Å². The van der Waals surface area contributed by atoms with Crippen LogP contribution >= 0.6 is 0 Å². The zero-order chi connectivity index (χ0) is 12.1. The van der Waals surface area contributed by atoms with E-state index >= 15 is 0 Å². The van der Waals surface area contributed by atoms with Gasteiger partial charge in [0.05, 0.1) is 6.61 Å². The molecule has 1 saturated heterocycles. The minimum absolute atomic E-state index is 0.00378. The van der Waals surface area contributed by atoms with E-state index in [9.17, 15) is 0 Å². The van der Waals surface area contributed by atoms with E-state index in [4.69, 9.17) is 9.84 Å². The van der Waals surface area contributed by atoms with E-state index in [1.807, 2.05) is 0 Å². The quantitative estimate of drug-likeness (QED) is 0.840. The number of piperidine rings is 1. The standard InChI is InChI=1S/C12H19N3O2/c1-17-9-10-2-4-15(5-3-10)12-13-6-11(8-16)7-14-12/h6-7,10,16H,2-5,8-9H2,1H3. The van der Waals surface area contributed by atoms with Crippen LogP contribution in [-0.4, -0.2) is 41.9 Å². The molecule has 0 unspecified atom stereocenters. The zero-order valence-electron chi connectivity index (χ0n) is 10.2. The lowest BCUT2D eigenvalue weighted by molar-refractivity contribution is 0.139. The lowest BCUT2D eigenvalue weighted by Crippen LogP contribution is -2.36. The third kappa shape index (κ3) is 3.14. The first-order valence-corrected chi connectivity index (χ1v) is 5.99. The average molecular weight is 237 g/mol. The van der Waals surface area contributed by atoms with E-state index in [1.165, 1.54) is 0 Å². The summed E-state index contributed by atoms with van der Waals surface area (Å²) >= 11 is 0. The van der Waals surface area contributed by atoms with Gasteiger partial charge in [-0.1, -0.05) is 0 Å². The van der Waals surface area contributed by atoms with Crippen LogP contribution in [0.2, 0.25) is 0 Å². The fourth-order valence-corrected chi connectivity index (χ4v) is 2.13. The number of aliphatic hydroxyl groups excluding tert-OH is 1. The molecule has 0 spiro atoms. The highest BCUT2D eigenvalue weighted by atomic mass is 16.5. The van der Waals surface area contributed by atoms with Crippen LogP contribution in [0.4, 0.5) is 5.95 Å². The first-order chi connectivity index (χ1) is 8.33. The monoisotopic (exact) mass is 237 g/mol. The Morgan fingerprint density at radius 1 is 1.35 bits per heavy atom. The van der Waals surface area contributed by atoms with E-state index in [0.29, 0.717) is 5.92 Å². The summed E-state index contributed by atoms with van der Waals surface area (Å²) in [7, 11) is 1.75. The van der Waals surface area contributed by atoms with Gasteiger partial charge in [0.2, 0.25) is 5.95 Å². The highest BCUT2D eigenvalue weighted by molar-refractivity contribution is 5.30. The largest absolute Gasteiger partial charge is 0.392 e. The number of aromatic nitrogens is 2. The van der Waals surface area contributed by atoms with Crippen LogP contribution in [0.25, 0.3) is 0 Å². The van der Waals surface area contributed by atoms with Gasteiger partial charge in [0.1, 0.15) is 0 Å². The Morgan fingerprint density at radius 3 is 2.53 bits per heavy atom. The van der Waals surface area contributed by atoms with E-state index in [0.717, 1.165) is 44.0 Å². The van der Waals surface area contributed by atoms with Crippen molar-refractivity contribution < 1.29 is 9.84 Å². The Bertz CT molecular complexity index is 334. The number of hydrogen-bond acceptors (Lipinski definition) is 5. The van der Waals surface area contributed by atoms with Crippen molar-refractivity contribution in [2.45, 2.75) is 19.4 Å². The number of nitrogens with zero attached hydrogens (tertiary/aromatic N) is 3. The van der Waals surface area contributed by atoms with Gasteiger partial charge in [-0.3, -0.25) is 0 Å². The third-order valence-corrected chi connectivity index (χ3v) is 3.17. The molecule has 0 amide bonds. The highest BCUT2D eigenvalue weighted by Gasteiger charge is 2.20. The van der Waals surface area contributed by atoms with E-state index < -0.39 is 0 Å². The highest BCUT2D eigenvalue weighted by Crippen LogP contribution is 2.20. The molecule has 0 radical (unpaired) electrons. The van der Waals surface area contributed by atoms with Gasteiger partial charge >= 0.3 is 0 Å². The summed E-state index contributed by atoms with van der Waals surface area (Å²) in [4.78, 5) is 10.7. The van der Waals surface area contributed by atoms with Crippen LogP contribution in [-0.2, 0) is 11.3 Å². The van der Waals surface area contributed by atoms with Crippen molar-refractivity contribution in [2.24, 2.45) is 5.92 Å². The molecule has 1 aliphatic rings. The summed E-state index contributed by atoms with van der Waals surface area (Å²) in [5, 5.41) is 8.93. The molecule has 1 aliphatic heterocycles. The molecule has 0 atom stereocenters. The molecule has 2 rings (SSSR count). The summed E-state index contributed by atoms with van der Waals surface area (Å²) in [5.74, 6) is 1.42. The topological polar surface area (TPSA) is 58.5 Å². The Balaban J connectivity index is 1.91. The molecule has 94 valence electrons. The summed E-state index contributed by atoms with van der Waals surface area (Å²) in [6, 6.07) is 0. The molecule has 1 fully saturated rings. The molecule has 0 bridgehead atoms. The van der Waals surface area contributed by atoms with Crippen LogP contribution in [0.1, 0.15) is 18.4 Å². The number of methoxy groups -OCH3 is 1. The second-order valence-corrected chi connectivity index (χ2v) is 4.44. The lowest BCUT2D eigenvalue weighted by atomic mass is 9.98. The van der Waals surface area contributed by atoms with Gasteiger partial charge in [-0.2, -0.15) is 0 Å². The summed E-state index contributed by atoms with van der Waals surface area (Å²) in [6.07, 6.45) is 5.62. The molecular weight excluding hydrogens is 218 g/mol. The third-order valence-electron chi connectivity index (χ3n) is 3.17. The van der Waals surface area contributed by atoms with Crippen LogP contribution in [0.15, 0.2) is 12.4 Å². The molecule has 0 aliphatic carbocycles. The fraction of sp³-hybridized carbons (Fsp3) is 0.667. The lowest BCUT2D eigenvalue weighted by Gasteiger charge is -2.31. The summed E-state index contributed by atoms with van der Waals surface area (Å²) < 4.78 is 5.17. The van der Waals surface area contributed by atoms with Gasteiger partial charge in [-0.25, -0.2) is 9.97 Å². The van der Waals surface area contributed by atoms with E-state index in [1.54, 1.807) is 19.5 Å². The first-order valence-electron chi connectivity index (χ1n) is 5.99. The van der Waals surface area contributed by atoms with Crippen LogP contribution in [0.3, 0.4) is 0 Å². The summed E-state index contributed by atoms with van der Waals surface area (Å²) in [6.45, 7) is 2.80. The van der Waals surface area contributed by atoms with E-state index in [2.05, 4.69) is 14.9 Å². The molecule has 1 aromatic heterocycles. The van der Waals surface area contributed by atoms with Crippen molar-refractivity contribution >= 4 is 5.95 Å². The Labute approximate surface area is 101 Å². The molecule has 0 aromatic carbocycles. The maximum atomic E-state index is 8.93. The maximum Gasteiger partial charge on any atom is 0.225 e. The van der Waals surface area contributed by atoms with Gasteiger partial charge in [0.15, 0.2) is 0 Å². The minimum atomic E-state index is -0.00378. The molecule has 5 nitrogen and oxygen atoms in total. The van der Waals surface area contributed by atoms with Gasteiger partial charge < -0.3 is 14.7 Å². The minimum Gasteiger partial charge on any atom is -0.392 e. The predicted octanol–water partition coefficient (Wildman–Crippen LogP) is 0.832. The maximum absolute atomic E-state index is 8.93. The van der Waals surface area contributed by atoms with Crippen LogP contribution < -0.4 is 4.90 Å². The Morgan fingerprint density at radius 2 is 2.00 bits per heavy atom. The molecule has 1 N–H and O–H groups in total. The van der Waals surface area contributed by atoms with Gasteiger partial charge in [0, 0.05) is 44.8 Å². The molecule has 5 heteroatoms. The van der Waals surface area contributed by atoms with Gasteiger partial charge in [-0.05, 0) is 18.8 Å². The van der Waals surface area contributed by atoms with Crippen molar-refractivity contribution in [3.63, 3.8) is 0 Å². The van der Waals surface area contributed by atoms with Crippen molar-refractivity contribution in [3.05, 3.63) is 18.0 Å². The van der Waals surface area contributed by atoms with Crippen LogP contribution in [0.5, 0.6) is 0 Å². The van der Waals surface area contributed by atoms with Crippen LogP contribution in [0, 0.1) is 5.92 Å². The van der Waals surface area contributed by atoms with Gasteiger partial charge in [-0.15, -0.1) is 0 Å². The van der Waals surface area contributed by atoms with Crippen molar-refractivity contribution in [3.8, 4) is 0 Å². The average Bonchev–Trinajstić information content (AvgIpc) is 2.40. The fourth-order valence-electron chi connectivity index (χ4n) is 2.13. The predicted molar refractivity (Wildman–Crippen MR) is 64.8 cm³/mol. The number of aliphatic hydroxyl groups is 1. The van der Waals surface area contributed by atoms with Crippen molar-refractivity contribution in [1.29, 1.82) is 0 Å². The second-order valence-electron chi connectivity index (χ2n) is 4.44. The normalized spacial score (nSPS) is 17.4. The van der Waals surface area contributed by atoms with Crippen molar-refractivity contribution in [2.75, 3.05) is 31.7 Å². The molecule has 2 heterocycles. The molecule has 1 aromatic rings. The molecule has 17 heavy (non-hydrogen) atoms. The number of rotatable bonds is 4. The van der Waals surface area contributed by atoms with Gasteiger partial charge in [0.25, 0.3) is 0 Å². The molecule has 0 saturated carbocycles. The number of anilines is 1. The Hall–Kier alpha value is -1.20. The summed E-state index contributed by atoms with van der Waals surface area (Å²) in [5.41, 5.74) is 0.753. The van der Waals surface area contributed by atoms with Crippen molar-refractivity contribution in [1.82, 2.24) is 9.97 Å². The number of hydrogen-bond donors (Lipinski definition) is 1. The Kier molecular flexibility index (Phi) is 4.28. The zero-order valence-corrected chi connectivity index (χ0v) is 10.2. The number of ether oxygens (including phenoxy) is 1. The smallest absolute Gasteiger partial charge is 0.225 e. The first kappa shape index (κ1) is 12.3. The molecular formula is C12H19N3O2. The second kappa shape index (κ2) is 5.93. The SMILES string of the molecule is COCC1CCN(c2ncc(CO)cn2)CC1.